The number of nitrogens with two attached hydrogens (primary N) is 1. The standard InChI is InChI=1S/C13H21N3O2S/c1-10(8-16-2-4-18-5-3-16)15-7-12-6-11(9-19-12)13(14)17/h6,9-10,15H,2-5,7-8H2,1H3,(H2,14,17). The molecule has 1 fully saturated rings. The summed E-state index contributed by atoms with van der Waals surface area (Å²) in [7, 11) is 0. The van der Waals surface area contributed by atoms with Crippen LogP contribution in [0.25, 0.3) is 0 Å². The Balaban J connectivity index is 1.72. The second-order valence-corrected chi connectivity index (χ2v) is 5.86. The number of nitrogens with zero attached hydrogens (tertiary/aromatic N) is 1. The molecule has 5 nitrogen and oxygen atoms in total. The summed E-state index contributed by atoms with van der Waals surface area (Å²) in [5.41, 5.74) is 5.84. The Morgan fingerprint density at radius 1 is 1.58 bits per heavy atom. The summed E-state index contributed by atoms with van der Waals surface area (Å²) < 4.78 is 5.33. The SMILES string of the molecule is CC(CN1CCOCC1)NCc1cc(C(N)=O)cs1. The van der Waals surface area contributed by atoms with E-state index in [0.717, 1.165) is 44.3 Å². The van der Waals surface area contributed by atoms with E-state index in [4.69, 9.17) is 10.5 Å². The highest BCUT2D eigenvalue weighted by molar-refractivity contribution is 7.10. The number of carbonyl (C=O) groups is 1. The molecular formula is C13H21N3O2S. The molecular weight excluding hydrogens is 262 g/mol. The van der Waals surface area contributed by atoms with Crippen molar-refractivity contribution in [2.45, 2.75) is 19.5 Å². The zero-order valence-corrected chi connectivity index (χ0v) is 12.0. The van der Waals surface area contributed by atoms with Crippen molar-refractivity contribution in [3.63, 3.8) is 0 Å². The Labute approximate surface area is 117 Å². The maximum atomic E-state index is 11.0. The second kappa shape index (κ2) is 7.00. The van der Waals surface area contributed by atoms with Crippen LogP contribution in [0.5, 0.6) is 0 Å². The summed E-state index contributed by atoms with van der Waals surface area (Å²) >= 11 is 1.57. The van der Waals surface area contributed by atoms with Gasteiger partial charge in [-0.1, -0.05) is 0 Å². The number of primary amides is 1. The molecule has 1 aromatic heterocycles. The van der Waals surface area contributed by atoms with E-state index in [1.807, 2.05) is 11.4 Å². The molecule has 2 rings (SSSR count). The summed E-state index contributed by atoms with van der Waals surface area (Å²) in [6.07, 6.45) is 0. The topological polar surface area (TPSA) is 67.6 Å². The molecule has 6 heteroatoms. The molecule has 0 aliphatic carbocycles. The van der Waals surface area contributed by atoms with Gasteiger partial charge in [-0.2, -0.15) is 0 Å². The van der Waals surface area contributed by atoms with Crippen molar-refractivity contribution >= 4 is 17.2 Å². The number of hydrogen-bond donors (Lipinski definition) is 2. The van der Waals surface area contributed by atoms with Gasteiger partial charge in [0.2, 0.25) is 5.91 Å². The van der Waals surface area contributed by atoms with Crippen LogP contribution in [0, 0.1) is 0 Å². The summed E-state index contributed by atoms with van der Waals surface area (Å²) in [5, 5.41) is 5.29. The van der Waals surface area contributed by atoms with Crippen molar-refractivity contribution in [1.82, 2.24) is 10.2 Å². The third-order valence-electron chi connectivity index (χ3n) is 3.20. The average molecular weight is 283 g/mol. The first-order chi connectivity index (χ1) is 9.15. The van der Waals surface area contributed by atoms with Crippen LogP contribution in [0.4, 0.5) is 0 Å². The summed E-state index contributed by atoms with van der Waals surface area (Å²) in [6, 6.07) is 2.28. The van der Waals surface area contributed by atoms with Crippen LogP contribution in [0.15, 0.2) is 11.4 Å². The van der Waals surface area contributed by atoms with Gasteiger partial charge in [0, 0.05) is 42.5 Å². The minimum Gasteiger partial charge on any atom is -0.379 e. The lowest BCUT2D eigenvalue weighted by molar-refractivity contribution is 0.0343. The van der Waals surface area contributed by atoms with Crippen LogP contribution in [0.2, 0.25) is 0 Å². The van der Waals surface area contributed by atoms with Crippen LogP contribution >= 0.6 is 11.3 Å². The number of ether oxygens (including phenoxy) is 1. The van der Waals surface area contributed by atoms with Crippen LogP contribution in [-0.2, 0) is 11.3 Å². The molecule has 1 unspecified atom stereocenters. The van der Waals surface area contributed by atoms with E-state index in [2.05, 4.69) is 17.1 Å². The Hall–Kier alpha value is -0.950. The maximum absolute atomic E-state index is 11.0. The molecule has 0 radical (unpaired) electrons. The van der Waals surface area contributed by atoms with Crippen LogP contribution in [0.1, 0.15) is 22.2 Å². The van der Waals surface area contributed by atoms with E-state index in [-0.39, 0.29) is 5.91 Å². The molecule has 1 aromatic rings. The minimum absolute atomic E-state index is 0.358. The van der Waals surface area contributed by atoms with E-state index < -0.39 is 0 Å². The lowest BCUT2D eigenvalue weighted by Crippen LogP contribution is -2.44. The highest BCUT2D eigenvalue weighted by Gasteiger charge is 2.13. The molecule has 1 amide bonds. The molecule has 0 spiro atoms. The van der Waals surface area contributed by atoms with Gasteiger partial charge < -0.3 is 15.8 Å². The smallest absolute Gasteiger partial charge is 0.249 e. The van der Waals surface area contributed by atoms with Gasteiger partial charge in [-0.3, -0.25) is 9.69 Å². The van der Waals surface area contributed by atoms with Gasteiger partial charge in [-0.25, -0.2) is 0 Å². The van der Waals surface area contributed by atoms with Crippen molar-refractivity contribution in [2.24, 2.45) is 5.73 Å². The summed E-state index contributed by atoms with van der Waals surface area (Å²) in [4.78, 5) is 14.6. The highest BCUT2D eigenvalue weighted by atomic mass is 32.1. The van der Waals surface area contributed by atoms with Gasteiger partial charge in [0.05, 0.1) is 18.8 Å². The fraction of sp³-hybridized carbons (Fsp3) is 0.615. The van der Waals surface area contributed by atoms with Crippen molar-refractivity contribution < 1.29 is 9.53 Å². The first-order valence-electron chi connectivity index (χ1n) is 6.56. The molecule has 0 aromatic carbocycles. The molecule has 0 saturated carbocycles. The van der Waals surface area contributed by atoms with Gasteiger partial charge in [0.15, 0.2) is 0 Å². The number of morpholine rings is 1. The average Bonchev–Trinajstić information content (AvgIpc) is 2.86. The fourth-order valence-electron chi connectivity index (χ4n) is 2.11. The first kappa shape index (κ1) is 14.5. The number of thiophene rings is 1. The van der Waals surface area contributed by atoms with Crippen LogP contribution in [-0.4, -0.2) is 49.7 Å². The van der Waals surface area contributed by atoms with Gasteiger partial charge in [-0.05, 0) is 13.0 Å². The zero-order valence-electron chi connectivity index (χ0n) is 11.2. The van der Waals surface area contributed by atoms with Crippen molar-refractivity contribution in [1.29, 1.82) is 0 Å². The first-order valence-corrected chi connectivity index (χ1v) is 7.44. The molecule has 1 atom stereocenters. The van der Waals surface area contributed by atoms with Crippen LogP contribution in [0.3, 0.4) is 0 Å². The zero-order chi connectivity index (χ0) is 13.7. The molecule has 1 aliphatic rings. The van der Waals surface area contributed by atoms with Crippen molar-refractivity contribution in [2.75, 3.05) is 32.8 Å². The van der Waals surface area contributed by atoms with Crippen molar-refractivity contribution in [3.8, 4) is 0 Å². The van der Waals surface area contributed by atoms with Gasteiger partial charge in [0.25, 0.3) is 0 Å². The molecule has 1 aliphatic heterocycles. The van der Waals surface area contributed by atoms with Crippen LogP contribution < -0.4 is 11.1 Å². The van der Waals surface area contributed by atoms with Gasteiger partial charge >= 0.3 is 0 Å². The van der Waals surface area contributed by atoms with Gasteiger partial charge in [-0.15, -0.1) is 11.3 Å². The van der Waals surface area contributed by atoms with E-state index in [0.29, 0.717) is 11.6 Å². The summed E-state index contributed by atoms with van der Waals surface area (Å²) in [5.74, 6) is -0.358. The molecule has 1 saturated heterocycles. The molecule has 106 valence electrons. The predicted octanol–water partition coefficient (Wildman–Crippen LogP) is 0.657. The van der Waals surface area contributed by atoms with E-state index in [9.17, 15) is 4.79 Å². The Morgan fingerprint density at radius 3 is 2.95 bits per heavy atom. The second-order valence-electron chi connectivity index (χ2n) is 4.86. The normalized spacial score (nSPS) is 18.4. The highest BCUT2D eigenvalue weighted by Crippen LogP contribution is 2.14. The number of nitrogens with one attached hydrogen (secondary N) is 1. The van der Waals surface area contributed by atoms with E-state index >= 15 is 0 Å². The minimum atomic E-state index is -0.358. The summed E-state index contributed by atoms with van der Waals surface area (Å²) in [6.45, 7) is 7.67. The Bertz CT molecular complexity index is 416. The molecule has 0 bridgehead atoms. The monoisotopic (exact) mass is 283 g/mol. The van der Waals surface area contributed by atoms with Crippen molar-refractivity contribution in [3.05, 3.63) is 21.9 Å². The number of amides is 1. The molecule has 3 N–H and O–H groups in total. The van der Waals surface area contributed by atoms with Gasteiger partial charge in [0.1, 0.15) is 0 Å². The number of rotatable bonds is 6. The Kier molecular flexibility index (Phi) is 5.33. The Morgan fingerprint density at radius 2 is 2.32 bits per heavy atom. The maximum Gasteiger partial charge on any atom is 0.249 e. The third kappa shape index (κ3) is 4.58. The lowest BCUT2D eigenvalue weighted by Gasteiger charge is -2.29. The number of hydrogen-bond acceptors (Lipinski definition) is 5. The molecule has 2 heterocycles. The van der Waals surface area contributed by atoms with E-state index in [1.165, 1.54) is 0 Å². The lowest BCUT2D eigenvalue weighted by atomic mass is 10.2. The predicted molar refractivity (Wildman–Crippen MR) is 76.4 cm³/mol. The largest absolute Gasteiger partial charge is 0.379 e. The fourth-order valence-corrected chi connectivity index (χ4v) is 2.94. The number of carbonyl (C=O) groups excluding carboxylic acids is 1. The molecule has 19 heavy (non-hydrogen) atoms. The third-order valence-corrected chi connectivity index (χ3v) is 4.14. The quantitative estimate of drug-likeness (QED) is 0.805. The van der Waals surface area contributed by atoms with E-state index in [1.54, 1.807) is 11.3 Å².